The fourth-order valence-corrected chi connectivity index (χ4v) is 2.64. The van der Waals surface area contributed by atoms with E-state index in [4.69, 9.17) is 18.9 Å². The first-order valence-electron chi connectivity index (χ1n) is 7.49. The summed E-state index contributed by atoms with van der Waals surface area (Å²) in [5, 5.41) is 7.69. The Morgan fingerprint density at radius 2 is 1.60 bits per heavy atom. The molecule has 0 atom stereocenters. The highest BCUT2D eigenvalue weighted by Gasteiger charge is 2.21. The number of hydrogen-bond acceptors (Lipinski definition) is 6. The van der Waals surface area contributed by atoms with E-state index in [1.54, 1.807) is 31.4 Å². The van der Waals surface area contributed by atoms with E-state index in [1.807, 2.05) is 6.07 Å². The lowest BCUT2D eigenvalue weighted by Crippen LogP contribution is -2.05. The fraction of sp³-hybridized carbons (Fsp3) is 0.222. The van der Waals surface area contributed by atoms with Gasteiger partial charge in [0.2, 0.25) is 11.5 Å². The van der Waals surface area contributed by atoms with Gasteiger partial charge in [-0.05, 0) is 30.3 Å². The average Bonchev–Trinajstić information content (AvgIpc) is 3.08. The van der Waals surface area contributed by atoms with Crippen molar-refractivity contribution in [2.45, 2.75) is 0 Å². The molecule has 0 aliphatic carbocycles. The third-order valence-electron chi connectivity index (χ3n) is 3.91. The number of ether oxygens (including phenoxy) is 4. The molecular weight excluding hydrogens is 324 g/mol. The van der Waals surface area contributed by atoms with Crippen LogP contribution in [0.1, 0.15) is 16.1 Å². The zero-order valence-electron chi connectivity index (χ0n) is 14.4. The van der Waals surface area contributed by atoms with Crippen LogP contribution in [0.3, 0.4) is 0 Å². The zero-order chi connectivity index (χ0) is 18.0. The number of ketones is 1. The average molecular weight is 342 g/mol. The maximum Gasteiger partial charge on any atom is 0.214 e. The minimum absolute atomic E-state index is 0.265. The number of nitrogens with zero attached hydrogens (tertiary/aromatic N) is 1. The molecule has 7 nitrogen and oxygen atoms in total. The topological polar surface area (TPSA) is 82.7 Å². The minimum Gasteiger partial charge on any atom is -0.497 e. The second-order valence-electron chi connectivity index (χ2n) is 5.23. The number of carbonyl (C=O) groups is 1. The molecule has 0 fully saturated rings. The van der Waals surface area contributed by atoms with Crippen molar-refractivity contribution in [2.24, 2.45) is 0 Å². The van der Waals surface area contributed by atoms with Crippen LogP contribution in [-0.2, 0) is 0 Å². The van der Waals surface area contributed by atoms with Gasteiger partial charge in [0.25, 0.3) is 0 Å². The number of rotatable bonds is 6. The number of nitrogens with one attached hydrogen (secondary N) is 1. The van der Waals surface area contributed by atoms with Crippen LogP contribution in [0.15, 0.2) is 30.3 Å². The lowest BCUT2D eigenvalue weighted by atomic mass is 10.0. The number of carbonyl (C=O) groups excluding carboxylic acids is 1. The van der Waals surface area contributed by atoms with Crippen LogP contribution in [0.5, 0.6) is 23.0 Å². The lowest BCUT2D eigenvalue weighted by Gasteiger charge is -2.13. The Kier molecular flexibility index (Phi) is 4.47. The molecule has 2 aromatic carbocycles. The Labute approximate surface area is 144 Å². The molecule has 25 heavy (non-hydrogen) atoms. The van der Waals surface area contributed by atoms with E-state index in [2.05, 4.69) is 10.2 Å². The van der Waals surface area contributed by atoms with Crippen LogP contribution in [0, 0.1) is 0 Å². The first-order chi connectivity index (χ1) is 12.1. The van der Waals surface area contributed by atoms with Crippen LogP contribution in [0.25, 0.3) is 10.9 Å². The van der Waals surface area contributed by atoms with Crippen molar-refractivity contribution in [3.8, 4) is 23.0 Å². The molecule has 1 aromatic heterocycles. The van der Waals surface area contributed by atoms with Crippen LogP contribution in [-0.4, -0.2) is 44.4 Å². The molecule has 0 bridgehead atoms. The summed E-state index contributed by atoms with van der Waals surface area (Å²) in [7, 11) is 6.08. The largest absolute Gasteiger partial charge is 0.497 e. The van der Waals surface area contributed by atoms with Gasteiger partial charge in [0, 0.05) is 10.9 Å². The predicted octanol–water partition coefficient (Wildman–Crippen LogP) is 2.83. The third kappa shape index (κ3) is 2.84. The van der Waals surface area contributed by atoms with Gasteiger partial charge >= 0.3 is 0 Å². The molecule has 0 saturated carbocycles. The van der Waals surface area contributed by atoms with Crippen molar-refractivity contribution in [2.75, 3.05) is 28.4 Å². The summed E-state index contributed by atoms with van der Waals surface area (Å²) in [6.45, 7) is 0. The third-order valence-corrected chi connectivity index (χ3v) is 3.91. The van der Waals surface area contributed by atoms with E-state index in [0.717, 1.165) is 5.52 Å². The van der Waals surface area contributed by atoms with E-state index in [9.17, 15) is 4.79 Å². The van der Waals surface area contributed by atoms with Gasteiger partial charge in [0.05, 0.1) is 34.0 Å². The van der Waals surface area contributed by atoms with Gasteiger partial charge in [-0.15, -0.1) is 0 Å². The molecule has 3 aromatic rings. The van der Waals surface area contributed by atoms with E-state index >= 15 is 0 Å². The highest BCUT2D eigenvalue weighted by Crippen LogP contribution is 2.39. The van der Waals surface area contributed by atoms with Crippen LogP contribution in [0.2, 0.25) is 0 Å². The Bertz CT molecular complexity index is 907. The Balaban J connectivity index is 2.12. The number of methoxy groups -OCH3 is 4. The minimum atomic E-state index is -0.265. The summed E-state index contributed by atoms with van der Waals surface area (Å²) in [5.41, 5.74) is 1.42. The van der Waals surface area contributed by atoms with Gasteiger partial charge < -0.3 is 18.9 Å². The Hall–Kier alpha value is -3.22. The van der Waals surface area contributed by atoms with Crippen LogP contribution in [0.4, 0.5) is 0 Å². The number of hydrogen-bond donors (Lipinski definition) is 1. The monoisotopic (exact) mass is 342 g/mol. The molecule has 0 unspecified atom stereocenters. The second-order valence-corrected chi connectivity index (χ2v) is 5.23. The molecule has 0 aliphatic heterocycles. The van der Waals surface area contributed by atoms with Gasteiger partial charge in [-0.25, -0.2) is 0 Å². The maximum absolute atomic E-state index is 13.0. The summed E-state index contributed by atoms with van der Waals surface area (Å²) in [4.78, 5) is 13.0. The summed E-state index contributed by atoms with van der Waals surface area (Å²) >= 11 is 0. The number of aromatic amines is 1. The SMILES string of the molecule is COc1ccc2[nH]nc(C(=O)c3cc(OC)c(OC)c(OC)c3)c2c1. The summed E-state index contributed by atoms with van der Waals surface area (Å²) in [5.74, 6) is 1.62. The maximum atomic E-state index is 13.0. The molecule has 130 valence electrons. The van der Waals surface area contributed by atoms with E-state index in [-0.39, 0.29) is 5.78 Å². The van der Waals surface area contributed by atoms with Crippen molar-refractivity contribution in [1.82, 2.24) is 10.2 Å². The fourth-order valence-electron chi connectivity index (χ4n) is 2.64. The standard InChI is InChI=1S/C18H18N2O5/c1-22-11-5-6-13-12(9-11)16(20-19-13)17(21)10-7-14(23-2)18(25-4)15(8-10)24-3/h5-9H,1-4H3,(H,19,20). The van der Waals surface area contributed by atoms with Crippen LogP contribution < -0.4 is 18.9 Å². The van der Waals surface area contributed by atoms with Crippen molar-refractivity contribution >= 4 is 16.7 Å². The number of H-pyrrole nitrogens is 1. The Morgan fingerprint density at radius 1 is 0.920 bits per heavy atom. The lowest BCUT2D eigenvalue weighted by molar-refractivity contribution is 0.103. The highest BCUT2D eigenvalue weighted by molar-refractivity contribution is 6.15. The van der Waals surface area contributed by atoms with Crippen LogP contribution >= 0.6 is 0 Å². The summed E-state index contributed by atoms with van der Waals surface area (Å²) in [6, 6.07) is 8.58. The van der Waals surface area contributed by atoms with Crippen molar-refractivity contribution in [1.29, 1.82) is 0 Å². The molecule has 0 aliphatic rings. The van der Waals surface area contributed by atoms with Gasteiger partial charge in [-0.3, -0.25) is 9.89 Å². The quantitative estimate of drug-likeness (QED) is 0.694. The number of benzene rings is 2. The molecule has 0 saturated heterocycles. The first-order valence-corrected chi connectivity index (χ1v) is 7.49. The number of fused-ring (bicyclic) bond motifs is 1. The summed E-state index contributed by atoms with van der Waals surface area (Å²) < 4.78 is 21.1. The zero-order valence-corrected chi connectivity index (χ0v) is 14.4. The number of aromatic nitrogens is 2. The molecule has 7 heteroatoms. The second kappa shape index (κ2) is 6.72. The molecule has 1 N–H and O–H groups in total. The van der Waals surface area contributed by atoms with Gasteiger partial charge in [-0.1, -0.05) is 0 Å². The molecular formula is C18H18N2O5. The van der Waals surface area contributed by atoms with E-state index in [0.29, 0.717) is 39.6 Å². The summed E-state index contributed by atoms with van der Waals surface area (Å²) in [6.07, 6.45) is 0. The predicted molar refractivity (Wildman–Crippen MR) is 92.2 cm³/mol. The molecule has 0 amide bonds. The van der Waals surface area contributed by atoms with Gasteiger partial charge in [0.15, 0.2) is 11.5 Å². The van der Waals surface area contributed by atoms with E-state index < -0.39 is 0 Å². The van der Waals surface area contributed by atoms with Crippen molar-refractivity contribution in [3.63, 3.8) is 0 Å². The molecule has 0 spiro atoms. The Morgan fingerprint density at radius 3 is 2.16 bits per heavy atom. The molecule has 1 heterocycles. The van der Waals surface area contributed by atoms with Gasteiger partial charge in [0.1, 0.15) is 11.4 Å². The highest BCUT2D eigenvalue weighted by atomic mass is 16.5. The first kappa shape index (κ1) is 16.6. The van der Waals surface area contributed by atoms with Gasteiger partial charge in [-0.2, -0.15) is 5.10 Å². The molecule has 3 rings (SSSR count). The van der Waals surface area contributed by atoms with Crippen molar-refractivity contribution in [3.05, 3.63) is 41.6 Å². The smallest absolute Gasteiger partial charge is 0.214 e. The van der Waals surface area contributed by atoms with E-state index in [1.165, 1.54) is 21.3 Å². The normalized spacial score (nSPS) is 10.6. The molecule has 0 radical (unpaired) electrons. The van der Waals surface area contributed by atoms with Crippen molar-refractivity contribution < 1.29 is 23.7 Å².